The smallest absolute Gasteiger partial charge is 0.139 e. The minimum atomic E-state index is 0.604. The fraction of sp³-hybridized carbons (Fsp3) is 0.0526. The molecule has 0 fully saturated rings. The molecule has 2 nitrogen and oxygen atoms in total. The van der Waals surface area contributed by atoms with Crippen LogP contribution in [-0.2, 0) is 0 Å². The summed E-state index contributed by atoms with van der Waals surface area (Å²) in [6.07, 6.45) is 0. The van der Waals surface area contributed by atoms with E-state index >= 15 is 0 Å². The van der Waals surface area contributed by atoms with E-state index in [2.05, 4.69) is 29.2 Å². The lowest BCUT2D eigenvalue weighted by Crippen LogP contribution is -2.09. The molecule has 0 radical (unpaired) electrons. The summed E-state index contributed by atoms with van der Waals surface area (Å²) in [7, 11) is 1.63. The standard InChI is InChI=1S/C19H16ClNO/c1-22-19-14-17(12-13-18(19)20)21(15-8-4-2-5-9-15)16-10-6-3-7-11-16/h2-14H,1H3. The van der Waals surface area contributed by atoms with Gasteiger partial charge in [0.2, 0.25) is 0 Å². The monoisotopic (exact) mass is 309 g/mol. The minimum absolute atomic E-state index is 0.604. The Balaban J connectivity index is 2.14. The second kappa shape index (κ2) is 6.54. The van der Waals surface area contributed by atoms with Crippen molar-refractivity contribution >= 4 is 28.7 Å². The van der Waals surface area contributed by atoms with Gasteiger partial charge in [-0.15, -0.1) is 0 Å². The molecular formula is C19H16ClNO. The van der Waals surface area contributed by atoms with Gasteiger partial charge in [0.05, 0.1) is 12.1 Å². The predicted molar refractivity (Wildman–Crippen MR) is 92.7 cm³/mol. The fourth-order valence-electron chi connectivity index (χ4n) is 2.39. The highest BCUT2D eigenvalue weighted by atomic mass is 35.5. The van der Waals surface area contributed by atoms with Crippen molar-refractivity contribution in [2.45, 2.75) is 0 Å². The second-order valence-corrected chi connectivity index (χ2v) is 5.23. The number of hydrogen-bond acceptors (Lipinski definition) is 2. The number of methoxy groups -OCH3 is 1. The van der Waals surface area contributed by atoms with Crippen LogP contribution in [0.15, 0.2) is 78.9 Å². The number of anilines is 3. The van der Waals surface area contributed by atoms with Crippen molar-refractivity contribution in [2.75, 3.05) is 12.0 Å². The summed E-state index contributed by atoms with van der Waals surface area (Å²) >= 11 is 6.15. The van der Waals surface area contributed by atoms with Crippen LogP contribution >= 0.6 is 11.6 Å². The largest absolute Gasteiger partial charge is 0.495 e. The highest BCUT2D eigenvalue weighted by Gasteiger charge is 2.13. The number of hydrogen-bond donors (Lipinski definition) is 0. The summed E-state index contributed by atoms with van der Waals surface area (Å²) in [5.74, 6) is 0.663. The van der Waals surface area contributed by atoms with Gasteiger partial charge < -0.3 is 9.64 Å². The number of rotatable bonds is 4. The maximum atomic E-state index is 6.15. The Labute approximate surface area is 135 Å². The van der Waals surface area contributed by atoms with Crippen molar-refractivity contribution in [3.05, 3.63) is 83.9 Å². The third kappa shape index (κ3) is 2.92. The molecule has 0 N–H and O–H groups in total. The number of para-hydroxylation sites is 2. The molecular weight excluding hydrogens is 294 g/mol. The van der Waals surface area contributed by atoms with Crippen LogP contribution in [-0.4, -0.2) is 7.11 Å². The van der Waals surface area contributed by atoms with Crippen molar-refractivity contribution in [2.24, 2.45) is 0 Å². The first kappa shape index (κ1) is 14.5. The van der Waals surface area contributed by atoms with Crippen molar-refractivity contribution in [1.29, 1.82) is 0 Å². The zero-order chi connectivity index (χ0) is 15.4. The molecule has 3 heteroatoms. The van der Waals surface area contributed by atoms with Crippen LogP contribution in [0.2, 0.25) is 5.02 Å². The average molecular weight is 310 g/mol. The number of halogens is 1. The molecule has 0 saturated carbocycles. The van der Waals surface area contributed by atoms with Gasteiger partial charge in [-0.05, 0) is 36.4 Å². The third-order valence-electron chi connectivity index (χ3n) is 3.42. The minimum Gasteiger partial charge on any atom is -0.495 e. The van der Waals surface area contributed by atoms with Gasteiger partial charge in [0.25, 0.3) is 0 Å². The van der Waals surface area contributed by atoms with E-state index in [0.717, 1.165) is 17.1 Å². The van der Waals surface area contributed by atoms with E-state index < -0.39 is 0 Å². The van der Waals surface area contributed by atoms with Crippen LogP contribution < -0.4 is 9.64 Å². The molecule has 110 valence electrons. The molecule has 0 amide bonds. The summed E-state index contributed by atoms with van der Waals surface area (Å²) in [5, 5.41) is 0.604. The molecule has 0 aliphatic carbocycles. The Bertz CT molecular complexity index is 704. The van der Waals surface area contributed by atoms with Gasteiger partial charge in [-0.1, -0.05) is 48.0 Å². The number of benzene rings is 3. The molecule has 0 bridgehead atoms. The molecule has 0 atom stereocenters. The van der Waals surface area contributed by atoms with E-state index in [-0.39, 0.29) is 0 Å². The Hall–Kier alpha value is -2.45. The highest BCUT2D eigenvalue weighted by molar-refractivity contribution is 6.32. The first-order chi connectivity index (χ1) is 10.8. The molecule has 3 aromatic rings. The lowest BCUT2D eigenvalue weighted by molar-refractivity contribution is 0.415. The molecule has 0 unspecified atom stereocenters. The van der Waals surface area contributed by atoms with E-state index in [4.69, 9.17) is 16.3 Å². The van der Waals surface area contributed by atoms with Gasteiger partial charge in [-0.2, -0.15) is 0 Å². The van der Waals surface area contributed by atoms with E-state index in [0.29, 0.717) is 10.8 Å². The van der Waals surface area contributed by atoms with E-state index in [1.807, 2.05) is 54.6 Å². The van der Waals surface area contributed by atoms with Crippen molar-refractivity contribution in [1.82, 2.24) is 0 Å². The molecule has 0 aliphatic rings. The van der Waals surface area contributed by atoms with Crippen LogP contribution in [0.4, 0.5) is 17.1 Å². The molecule has 22 heavy (non-hydrogen) atoms. The van der Waals surface area contributed by atoms with Gasteiger partial charge >= 0.3 is 0 Å². The second-order valence-electron chi connectivity index (χ2n) is 4.83. The molecule has 0 aliphatic heterocycles. The van der Waals surface area contributed by atoms with Crippen LogP contribution in [0.3, 0.4) is 0 Å². The molecule has 0 heterocycles. The number of nitrogens with zero attached hydrogens (tertiary/aromatic N) is 1. The molecule has 0 spiro atoms. The Kier molecular flexibility index (Phi) is 4.31. The lowest BCUT2D eigenvalue weighted by atomic mass is 10.2. The van der Waals surface area contributed by atoms with Gasteiger partial charge in [0, 0.05) is 23.1 Å². The topological polar surface area (TPSA) is 12.5 Å². The van der Waals surface area contributed by atoms with E-state index in [1.165, 1.54) is 0 Å². The zero-order valence-corrected chi connectivity index (χ0v) is 13.0. The quantitative estimate of drug-likeness (QED) is 0.602. The average Bonchev–Trinajstić information content (AvgIpc) is 2.58. The van der Waals surface area contributed by atoms with E-state index in [1.54, 1.807) is 7.11 Å². The summed E-state index contributed by atoms with van der Waals surface area (Å²) in [6, 6.07) is 26.2. The first-order valence-electron chi connectivity index (χ1n) is 7.03. The highest BCUT2D eigenvalue weighted by Crippen LogP contribution is 2.37. The zero-order valence-electron chi connectivity index (χ0n) is 12.2. The predicted octanol–water partition coefficient (Wildman–Crippen LogP) is 5.82. The summed E-state index contributed by atoms with van der Waals surface area (Å²) in [6.45, 7) is 0. The van der Waals surface area contributed by atoms with Gasteiger partial charge in [-0.25, -0.2) is 0 Å². The normalized spacial score (nSPS) is 10.3. The summed E-state index contributed by atoms with van der Waals surface area (Å²) in [5.41, 5.74) is 3.16. The van der Waals surface area contributed by atoms with E-state index in [9.17, 15) is 0 Å². The van der Waals surface area contributed by atoms with Gasteiger partial charge in [-0.3, -0.25) is 0 Å². The molecule has 0 saturated heterocycles. The van der Waals surface area contributed by atoms with Gasteiger partial charge in [0.15, 0.2) is 0 Å². The van der Waals surface area contributed by atoms with Crippen molar-refractivity contribution in [3.63, 3.8) is 0 Å². The van der Waals surface area contributed by atoms with Crippen LogP contribution in [0, 0.1) is 0 Å². The molecule has 0 aromatic heterocycles. The molecule has 3 rings (SSSR count). The summed E-state index contributed by atoms with van der Waals surface area (Å²) < 4.78 is 5.35. The maximum absolute atomic E-state index is 6.15. The lowest BCUT2D eigenvalue weighted by Gasteiger charge is -2.25. The van der Waals surface area contributed by atoms with Crippen LogP contribution in [0.25, 0.3) is 0 Å². The first-order valence-corrected chi connectivity index (χ1v) is 7.41. The number of ether oxygens (including phenoxy) is 1. The fourth-order valence-corrected chi connectivity index (χ4v) is 2.58. The van der Waals surface area contributed by atoms with Gasteiger partial charge in [0.1, 0.15) is 5.75 Å². The Morgan fingerprint density at radius 2 is 1.27 bits per heavy atom. The van der Waals surface area contributed by atoms with Crippen LogP contribution in [0.1, 0.15) is 0 Å². The Morgan fingerprint density at radius 1 is 0.727 bits per heavy atom. The SMILES string of the molecule is COc1cc(N(c2ccccc2)c2ccccc2)ccc1Cl. The maximum Gasteiger partial charge on any atom is 0.139 e. The summed E-state index contributed by atoms with van der Waals surface area (Å²) in [4.78, 5) is 2.17. The third-order valence-corrected chi connectivity index (χ3v) is 3.73. The Morgan fingerprint density at radius 3 is 1.77 bits per heavy atom. The van der Waals surface area contributed by atoms with Crippen LogP contribution in [0.5, 0.6) is 5.75 Å². The molecule has 3 aromatic carbocycles. The van der Waals surface area contributed by atoms with Crippen molar-refractivity contribution in [3.8, 4) is 5.75 Å². The van der Waals surface area contributed by atoms with Crippen molar-refractivity contribution < 1.29 is 4.74 Å².